The van der Waals surface area contributed by atoms with Crippen LogP contribution in [0, 0.1) is 0 Å². The van der Waals surface area contributed by atoms with E-state index in [9.17, 15) is 0 Å². The fraction of sp³-hybridized carbons (Fsp3) is 0.500. The van der Waals surface area contributed by atoms with Gasteiger partial charge in [0.15, 0.2) is 0 Å². The monoisotopic (exact) mass is 368 g/mol. The topological polar surface area (TPSA) is 56.8 Å². The molecule has 2 aliphatic rings. The molecule has 27 heavy (non-hydrogen) atoms. The lowest BCUT2D eigenvalue weighted by Gasteiger charge is -2.36. The first kappa shape index (κ1) is 18.0. The molecule has 2 saturated heterocycles. The Hall–Kier alpha value is -2.38. The van der Waals surface area contributed by atoms with Gasteiger partial charge in [-0.1, -0.05) is 18.2 Å². The van der Waals surface area contributed by atoms with Crippen LogP contribution < -0.4 is 15.1 Å². The van der Waals surface area contributed by atoms with Crippen molar-refractivity contribution in [3.63, 3.8) is 0 Å². The second-order valence-corrected chi connectivity index (χ2v) is 6.95. The van der Waals surface area contributed by atoms with E-state index >= 15 is 0 Å². The fourth-order valence-corrected chi connectivity index (χ4v) is 3.62. The molecule has 2 fully saturated rings. The smallest absolute Gasteiger partial charge is 0.134 e. The number of morpholine rings is 1. The number of piperazine rings is 1. The van der Waals surface area contributed by atoms with Crippen LogP contribution in [0.4, 0.5) is 17.3 Å². The number of hydrogen-bond donors (Lipinski definition) is 1. The van der Waals surface area contributed by atoms with Crippen LogP contribution in [0.2, 0.25) is 0 Å². The average molecular weight is 368 g/mol. The van der Waals surface area contributed by atoms with Crippen molar-refractivity contribution in [1.29, 1.82) is 0 Å². The fourth-order valence-electron chi connectivity index (χ4n) is 3.62. The van der Waals surface area contributed by atoms with Crippen molar-refractivity contribution >= 4 is 17.3 Å². The molecule has 0 saturated carbocycles. The number of nitrogens with zero attached hydrogens (tertiary/aromatic N) is 5. The van der Waals surface area contributed by atoms with Crippen molar-refractivity contribution in [1.82, 2.24) is 14.9 Å². The van der Waals surface area contributed by atoms with Crippen LogP contribution in [0.5, 0.6) is 0 Å². The van der Waals surface area contributed by atoms with E-state index < -0.39 is 0 Å². The number of hydrogen-bond acceptors (Lipinski definition) is 7. The Kier molecular flexibility index (Phi) is 6.01. The van der Waals surface area contributed by atoms with Gasteiger partial charge in [-0.2, -0.15) is 0 Å². The van der Waals surface area contributed by atoms with E-state index in [1.807, 2.05) is 0 Å². The summed E-state index contributed by atoms with van der Waals surface area (Å²) >= 11 is 0. The molecule has 2 aromatic rings. The Labute approximate surface area is 161 Å². The van der Waals surface area contributed by atoms with Crippen LogP contribution in [0.25, 0.3) is 0 Å². The molecule has 0 bridgehead atoms. The molecule has 7 nitrogen and oxygen atoms in total. The predicted octanol–water partition coefficient (Wildman–Crippen LogP) is 1.55. The minimum atomic E-state index is 0.840. The van der Waals surface area contributed by atoms with Crippen LogP contribution in [-0.4, -0.2) is 80.4 Å². The number of benzene rings is 1. The van der Waals surface area contributed by atoms with Crippen LogP contribution in [0.3, 0.4) is 0 Å². The summed E-state index contributed by atoms with van der Waals surface area (Å²) in [5, 5.41) is 3.44. The van der Waals surface area contributed by atoms with Gasteiger partial charge in [-0.3, -0.25) is 4.90 Å². The summed E-state index contributed by atoms with van der Waals surface area (Å²) in [5.74, 6) is 1.91. The molecule has 4 rings (SSSR count). The highest BCUT2D eigenvalue weighted by molar-refractivity contribution is 5.52. The van der Waals surface area contributed by atoms with Crippen molar-refractivity contribution in [2.75, 3.05) is 80.7 Å². The first-order valence-electron chi connectivity index (χ1n) is 9.79. The Morgan fingerprint density at radius 2 is 1.63 bits per heavy atom. The second-order valence-electron chi connectivity index (χ2n) is 6.95. The largest absolute Gasteiger partial charge is 0.379 e. The number of ether oxygens (including phenoxy) is 1. The van der Waals surface area contributed by atoms with Crippen LogP contribution in [0.1, 0.15) is 0 Å². The van der Waals surface area contributed by atoms with Crippen molar-refractivity contribution in [2.45, 2.75) is 0 Å². The molecule has 0 spiro atoms. The van der Waals surface area contributed by atoms with E-state index in [0.717, 1.165) is 77.2 Å². The molecule has 0 unspecified atom stereocenters. The third-order valence-corrected chi connectivity index (χ3v) is 5.22. The van der Waals surface area contributed by atoms with E-state index in [-0.39, 0.29) is 0 Å². The number of rotatable bonds is 6. The van der Waals surface area contributed by atoms with Gasteiger partial charge in [-0.05, 0) is 12.1 Å². The molecule has 3 heterocycles. The number of anilines is 3. The summed E-state index contributed by atoms with van der Waals surface area (Å²) in [6.45, 7) is 9.57. The molecule has 0 radical (unpaired) electrons. The quantitative estimate of drug-likeness (QED) is 0.830. The lowest BCUT2D eigenvalue weighted by molar-refractivity contribution is 0.0398. The molecule has 0 amide bonds. The molecular weight excluding hydrogens is 340 g/mol. The summed E-state index contributed by atoms with van der Waals surface area (Å²) in [4.78, 5) is 16.1. The zero-order valence-corrected chi connectivity index (χ0v) is 15.8. The summed E-state index contributed by atoms with van der Waals surface area (Å²) in [7, 11) is 0. The van der Waals surface area contributed by atoms with Gasteiger partial charge in [0.25, 0.3) is 0 Å². The van der Waals surface area contributed by atoms with Crippen LogP contribution in [0.15, 0.2) is 42.7 Å². The van der Waals surface area contributed by atoms with Crippen molar-refractivity contribution in [2.24, 2.45) is 0 Å². The predicted molar refractivity (Wildman–Crippen MR) is 109 cm³/mol. The maximum Gasteiger partial charge on any atom is 0.134 e. The highest BCUT2D eigenvalue weighted by Gasteiger charge is 2.18. The molecular formula is C20H28N6O. The van der Waals surface area contributed by atoms with Crippen molar-refractivity contribution in [3.05, 3.63) is 42.7 Å². The summed E-state index contributed by atoms with van der Waals surface area (Å²) in [6.07, 6.45) is 1.66. The van der Waals surface area contributed by atoms with E-state index in [4.69, 9.17) is 4.74 Å². The molecule has 1 aromatic carbocycles. The van der Waals surface area contributed by atoms with Gasteiger partial charge >= 0.3 is 0 Å². The van der Waals surface area contributed by atoms with Gasteiger partial charge in [-0.25, -0.2) is 9.97 Å². The minimum absolute atomic E-state index is 0.840. The lowest BCUT2D eigenvalue weighted by atomic mass is 10.2. The van der Waals surface area contributed by atoms with E-state index in [0.29, 0.717) is 0 Å². The maximum atomic E-state index is 5.39. The van der Waals surface area contributed by atoms with Gasteiger partial charge < -0.3 is 19.9 Å². The molecule has 7 heteroatoms. The zero-order chi connectivity index (χ0) is 18.3. The second kappa shape index (κ2) is 9.01. The lowest BCUT2D eigenvalue weighted by Crippen LogP contribution is -2.46. The van der Waals surface area contributed by atoms with Gasteiger partial charge in [0.2, 0.25) is 0 Å². The molecule has 144 valence electrons. The highest BCUT2D eigenvalue weighted by atomic mass is 16.5. The Morgan fingerprint density at radius 1 is 0.889 bits per heavy atom. The molecule has 1 aromatic heterocycles. The maximum absolute atomic E-state index is 5.39. The summed E-state index contributed by atoms with van der Waals surface area (Å²) < 4.78 is 5.39. The van der Waals surface area contributed by atoms with Crippen molar-refractivity contribution < 1.29 is 4.74 Å². The molecule has 2 aliphatic heterocycles. The normalized spacial score (nSPS) is 18.5. The van der Waals surface area contributed by atoms with E-state index in [1.54, 1.807) is 6.33 Å². The number of nitrogens with one attached hydrogen (secondary N) is 1. The van der Waals surface area contributed by atoms with Gasteiger partial charge in [-0.15, -0.1) is 0 Å². The Bertz CT molecular complexity index is 699. The third-order valence-electron chi connectivity index (χ3n) is 5.22. The molecule has 1 N–H and O–H groups in total. The number of para-hydroxylation sites is 1. The van der Waals surface area contributed by atoms with Gasteiger partial charge in [0.05, 0.1) is 13.2 Å². The zero-order valence-electron chi connectivity index (χ0n) is 15.8. The van der Waals surface area contributed by atoms with Gasteiger partial charge in [0.1, 0.15) is 18.0 Å². The van der Waals surface area contributed by atoms with Crippen molar-refractivity contribution in [3.8, 4) is 0 Å². The standard InChI is InChI=1S/C20H28N6O/c1-2-4-18(5-3-1)25-8-10-26(11-9-25)20-16-19(22-17-23-20)21-6-7-24-12-14-27-15-13-24/h1-5,16-17H,6-15H2,(H,21,22,23). The highest BCUT2D eigenvalue weighted by Crippen LogP contribution is 2.20. The van der Waals surface area contributed by atoms with Gasteiger partial charge in [0, 0.05) is 64.1 Å². The number of aromatic nitrogens is 2. The first-order chi connectivity index (χ1) is 13.4. The van der Waals surface area contributed by atoms with Crippen LogP contribution in [-0.2, 0) is 4.74 Å². The minimum Gasteiger partial charge on any atom is -0.379 e. The molecule has 0 atom stereocenters. The first-order valence-corrected chi connectivity index (χ1v) is 9.79. The van der Waals surface area contributed by atoms with E-state index in [1.165, 1.54) is 5.69 Å². The van der Waals surface area contributed by atoms with Crippen LogP contribution >= 0.6 is 0 Å². The Balaban J connectivity index is 1.27. The Morgan fingerprint density at radius 3 is 2.41 bits per heavy atom. The summed E-state index contributed by atoms with van der Waals surface area (Å²) in [5.41, 5.74) is 1.30. The molecule has 0 aliphatic carbocycles. The van der Waals surface area contributed by atoms with E-state index in [2.05, 4.69) is 66.4 Å². The average Bonchev–Trinajstić information content (AvgIpc) is 2.76. The summed E-state index contributed by atoms with van der Waals surface area (Å²) in [6, 6.07) is 12.7. The third kappa shape index (κ3) is 4.87. The SMILES string of the molecule is c1ccc(N2CCN(c3cc(NCCN4CCOCC4)ncn3)CC2)cc1.